The summed E-state index contributed by atoms with van der Waals surface area (Å²) in [5, 5.41) is 1.54. The molecule has 0 unspecified atom stereocenters. The molecular weight excluding hydrogens is 342 g/mol. The van der Waals surface area contributed by atoms with Crippen LogP contribution in [0.1, 0.15) is 19.3 Å². The zero-order valence-electron chi connectivity index (χ0n) is 10.8. The Labute approximate surface area is 130 Å². The van der Waals surface area contributed by atoms with Crippen LogP contribution in [0.3, 0.4) is 0 Å². The molecule has 0 aliphatic carbocycles. The Hall–Kier alpha value is -1.07. The first kappa shape index (κ1) is 12.7. The second-order valence-electron chi connectivity index (χ2n) is 5.25. The molecule has 0 N–H and O–H groups in total. The standard InChI is InChI=1S/C14H13BrClN3O/c15-9-5-10-11-13(12(9)16)20-6-8-3-1-2-4-19(8)14(11)18-7-17-10/h5,7-8H,1-4,6H2/t8-/m0/s1. The Morgan fingerprint density at radius 2 is 2.25 bits per heavy atom. The molecule has 0 radical (unpaired) electrons. The van der Waals surface area contributed by atoms with E-state index in [-0.39, 0.29) is 0 Å². The van der Waals surface area contributed by atoms with Crippen molar-refractivity contribution in [3.05, 3.63) is 21.9 Å². The molecule has 0 amide bonds. The maximum Gasteiger partial charge on any atom is 0.152 e. The fraction of sp³-hybridized carbons (Fsp3) is 0.429. The summed E-state index contributed by atoms with van der Waals surface area (Å²) in [5.74, 6) is 1.67. The number of benzene rings is 1. The molecule has 3 heterocycles. The van der Waals surface area contributed by atoms with Gasteiger partial charge in [-0.25, -0.2) is 9.97 Å². The third-order valence-corrected chi connectivity index (χ3v) is 5.30. The highest BCUT2D eigenvalue weighted by atomic mass is 79.9. The summed E-state index contributed by atoms with van der Waals surface area (Å²) < 4.78 is 6.83. The highest BCUT2D eigenvalue weighted by Gasteiger charge is 2.31. The van der Waals surface area contributed by atoms with E-state index in [2.05, 4.69) is 30.8 Å². The maximum absolute atomic E-state index is 6.40. The molecule has 2 aromatic rings. The van der Waals surface area contributed by atoms with Gasteiger partial charge in [0.05, 0.1) is 22.0 Å². The molecule has 1 aromatic carbocycles. The Bertz CT molecular complexity index is 694. The van der Waals surface area contributed by atoms with Gasteiger partial charge < -0.3 is 9.64 Å². The zero-order valence-corrected chi connectivity index (χ0v) is 13.1. The average molecular weight is 355 g/mol. The van der Waals surface area contributed by atoms with Crippen molar-refractivity contribution in [3.8, 4) is 5.75 Å². The Morgan fingerprint density at radius 3 is 3.15 bits per heavy atom. The second kappa shape index (κ2) is 4.74. The van der Waals surface area contributed by atoms with Crippen LogP contribution in [-0.2, 0) is 0 Å². The number of aromatic nitrogens is 2. The molecule has 2 aliphatic heterocycles. The van der Waals surface area contributed by atoms with Crippen molar-refractivity contribution in [2.45, 2.75) is 25.3 Å². The van der Waals surface area contributed by atoms with Crippen LogP contribution in [0.25, 0.3) is 10.9 Å². The summed E-state index contributed by atoms with van der Waals surface area (Å²) in [6, 6.07) is 2.31. The van der Waals surface area contributed by atoms with E-state index in [9.17, 15) is 0 Å². The number of hydrogen-bond acceptors (Lipinski definition) is 4. The van der Waals surface area contributed by atoms with Gasteiger partial charge in [0, 0.05) is 11.0 Å². The number of rotatable bonds is 0. The van der Waals surface area contributed by atoms with Gasteiger partial charge in [-0.1, -0.05) is 11.6 Å². The topological polar surface area (TPSA) is 38.3 Å². The van der Waals surface area contributed by atoms with Gasteiger partial charge in [-0.15, -0.1) is 0 Å². The third kappa shape index (κ3) is 1.79. The first-order valence-corrected chi connectivity index (χ1v) is 7.95. The summed E-state index contributed by atoms with van der Waals surface area (Å²) in [6.45, 7) is 1.68. The van der Waals surface area contributed by atoms with E-state index in [0.717, 1.165) is 34.2 Å². The van der Waals surface area contributed by atoms with Gasteiger partial charge in [-0.05, 0) is 41.3 Å². The lowest BCUT2D eigenvalue weighted by atomic mass is 10.0. The van der Waals surface area contributed by atoms with E-state index >= 15 is 0 Å². The van der Waals surface area contributed by atoms with Crippen molar-refractivity contribution in [2.24, 2.45) is 0 Å². The van der Waals surface area contributed by atoms with Crippen LogP contribution in [0.15, 0.2) is 16.9 Å². The lowest BCUT2D eigenvalue weighted by molar-refractivity contribution is 0.267. The summed E-state index contributed by atoms with van der Waals surface area (Å²) in [5.41, 5.74) is 0.868. The third-order valence-electron chi connectivity index (χ3n) is 4.08. The quantitative estimate of drug-likeness (QED) is 0.721. The molecule has 104 valence electrons. The minimum atomic E-state index is 0.379. The molecule has 4 rings (SSSR count). The molecule has 6 heteroatoms. The molecule has 1 fully saturated rings. The number of ether oxygens (including phenoxy) is 1. The van der Waals surface area contributed by atoms with Gasteiger partial charge in [0.25, 0.3) is 0 Å². The normalized spacial score (nSPS) is 21.3. The van der Waals surface area contributed by atoms with Gasteiger partial charge >= 0.3 is 0 Å². The summed E-state index contributed by atoms with van der Waals surface area (Å²) in [6.07, 6.45) is 5.20. The lowest BCUT2D eigenvalue weighted by Crippen LogP contribution is -2.42. The van der Waals surface area contributed by atoms with Crippen molar-refractivity contribution in [3.63, 3.8) is 0 Å². The SMILES string of the molecule is Clc1c(Br)cc2ncnc3c2c1OC[C@@H]1CCCCN31. The average Bonchev–Trinajstić information content (AvgIpc) is 2.64. The summed E-state index contributed by atoms with van der Waals surface area (Å²) >= 11 is 9.88. The lowest BCUT2D eigenvalue weighted by Gasteiger charge is -2.34. The fourth-order valence-electron chi connectivity index (χ4n) is 3.10. The van der Waals surface area contributed by atoms with Crippen LogP contribution >= 0.6 is 27.5 Å². The largest absolute Gasteiger partial charge is 0.489 e. The first-order valence-electron chi connectivity index (χ1n) is 6.78. The molecule has 0 spiro atoms. The fourth-order valence-corrected chi connectivity index (χ4v) is 3.70. The van der Waals surface area contributed by atoms with Crippen LogP contribution in [0.5, 0.6) is 5.75 Å². The van der Waals surface area contributed by atoms with Crippen molar-refractivity contribution in [2.75, 3.05) is 18.1 Å². The number of fused-ring (bicyclic) bond motifs is 2. The monoisotopic (exact) mass is 353 g/mol. The van der Waals surface area contributed by atoms with E-state index in [4.69, 9.17) is 16.3 Å². The van der Waals surface area contributed by atoms with E-state index < -0.39 is 0 Å². The number of halogens is 2. The maximum atomic E-state index is 6.40. The molecule has 1 saturated heterocycles. The Kier molecular flexibility index (Phi) is 3.00. The first-order chi connectivity index (χ1) is 9.75. The van der Waals surface area contributed by atoms with Crippen LogP contribution in [0, 0.1) is 0 Å². The Balaban J connectivity index is 2.03. The zero-order chi connectivity index (χ0) is 13.7. The molecule has 20 heavy (non-hydrogen) atoms. The molecule has 0 saturated carbocycles. The predicted molar refractivity (Wildman–Crippen MR) is 82.7 cm³/mol. The number of nitrogens with zero attached hydrogens (tertiary/aromatic N) is 3. The minimum Gasteiger partial charge on any atom is -0.489 e. The second-order valence-corrected chi connectivity index (χ2v) is 6.48. The van der Waals surface area contributed by atoms with Crippen LogP contribution in [-0.4, -0.2) is 29.2 Å². The molecule has 4 nitrogen and oxygen atoms in total. The predicted octanol–water partition coefficient (Wildman–Crippen LogP) is 3.80. The van der Waals surface area contributed by atoms with Crippen molar-refractivity contribution >= 4 is 44.3 Å². The van der Waals surface area contributed by atoms with Crippen molar-refractivity contribution < 1.29 is 4.74 Å². The van der Waals surface area contributed by atoms with Crippen molar-refractivity contribution in [1.82, 2.24) is 9.97 Å². The molecule has 1 atom stereocenters. The van der Waals surface area contributed by atoms with Crippen LogP contribution in [0.2, 0.25) is 5.02 Å². The molecule has 2 aliphatic rings. The smallest absolute Gasteiger partial charge is 0.152 e. The summed E-state index contributed by atoms with van der Waals surface area (Å²) in [7, 11) is 0. The Morgan fingerprint density at radius 1 is 1.35 bits per heavy atom. The summed E-state index contributed by atoms with van der Waals surface area (Å²) in [4.78, 5) is 11.2. The van der Waals surface area contributed by atoms with E-state index in [1.165, 1.54) is 12.8 Å². The number of piperidine rings is 1. The highest BCUT2D eigenvalue weighted by Crippen LogP contribution is 2.44. The molecule has 0 bridgehead atoms. The van der Waals surface area contributed by atoms with Gasteiger partial charge in [-0.3, -0.25) is 0 Å². The number of anilines is 1. The van der Waals surface area contributed by atoms with Gasteiger partial charge in [0.1, 0.15) is 18.8 Å². The van der Waals surface area contributed by atoms with Crippen molar-refractivity contribution in [1.29, 1.82) is 0 Å². The van der Waals surface area contributed by atoms with Gasteiger partial charge in [0.2, 0.25) is 0 Å². The highest BCUT2D eigenvalue weighted by molar-refractivity contribution is 9.10. The molecular formula is C14H13BrClN3O. The molecule has 1 aromatic heterocycles. The van der Waals surface area contributed by atoms with E-state index in [1.54, 1.807) is 6.33 Å². The van der Waals surface area contributed by atoms with Crippen LogP contribution in [0.4, 0.5) is 5.82 Å². The number of hydrogen-bond donors (Lipinski definition) is 0. The van der Waals surface area contributed by atoms with E-state index in [1.807, 2.05) is 6.07 Å². The minimum absolute atomic E-state index is 0.379. The van der Waals surface area contributed by atoms with Gasteiger partial charge in [0.15, 0.2) is 5.75 Å². The van der Waals surface area contributed by atoms with E-state index in [0.29, 0.717) is 23.4 Å². The van der Waals surface area contributed by atoms with Gasteiger partial charge in [-0.2, -0.15) is 0 Å². The van der Waals surface area contributed by atoms with Crippen LogP contribution < -0.4 is 9.64 Å².